The average molecular weight is 911 g/mol. The van der Waals surface area contributed by atoms with Crippen LogP contribution in [0.1, 0.15) is 264 Å². The molecule has 2 fully saturated rings. The Morgan fingerprint density at radius 1 is 0.578 bits per heavy atom. The Kier molecular flexibility index (Phi) is 33.4. The number of hydrogen-bond acceptors (Lipinski definition) is 8. The summed E-state index contributed by atoms with van der Waals surface area (Å²) in [6, 6.07) is -0.667. The lowest BCUT2D eigenvalue weighted by Gasteiger charge is -2.37. The molecule has 2 N–H and O–H groups in total. The van der Waals surface area contributed by atoms with Gasteiger partial charge in [-0.1, -0.05) is 188 Å². The molecule has 2 aliphatic heterocycles. The molecular formula is C54H106N2O8. The maximum absolute atomic E-state index is 12.7. The second-order valence-electron chi connectivity index (χ2n) is 21.2. The smallest absolute Gasteiger partial charge is 0.413 e. The average Bonchev–Trinajstić information content (AvgIpc) is 3.71. The third-order valence-electron chi connectivity index (χ3n) is 11.9. The van der Waals surface area contributed by atoms with Crippen molar-refractivity contribution in [2.24, 2.45) is 0 Å². The topological polar surface area (TPSA) is 118 Å². The first-order valence-corrected chi connectivity index (χ1v) is 26.5. The van der Waals surface area contributed by atoms with E-state index >= 15 is 0 Å². The molecule has 0 unspecified atom stereocenters. The summed E-state index contributed by atoms with van der Waals surface area (Å²) in [4.78, 5) is 28.5. The lowest BCUT2D eigenvalue weighted by Crippen LogP contribution is -2.55. The van der Waals surface area contributed by atoms with Gasteiger partial charge in [-0.25, -0.2) is 9.59 Å². The van der Waals surface area contributed by atoms with Crippen LogP contribution in [0.2, 0.25) is 0 Å². The minimum atomic E-state index is -1.06. The van der Waals surface area contributed by atoms with Crippen LogP contribution in [-0.4, -0.2) is 92.4 Å². The van der Waals surface area contributed by atoms with Crippen molar-refractivity contribution in [1.82, 2.24) is 9.80 Å². The summed E-state index contributed by atoms with van der Waals surface area (Å²) in [6.45, 7) is 27.8. The molecule has 2 heterocycles. The lowest BCUT2D eigenvalue weighted by atomic mass is 9.98. The third-order valence-corrected chi connectivity index (χ3v) is 11.9. The van der Waals surface area contributed by atoms with Crippen molar-refractivity contribution in [1.29, 1.82) is 0 Å². The van der Waals surface area contributed by atoms with Gasteiger partial charge >= 0.3 is 12.2 Å². The van der Waals surface area contributed by atoms with E-state index in [1.165, 1.54) is 146 Å². The highest BCUT2D eigenvalue weighted by Crippen LogP contribution is 2.33. The van der Waals surface area contributed by atoms with E-state index < -0.39 is 47.0 Å². The van der Waals surface area contributed by atoms with Crippen molar-refractivity contribution in [2.75, 3.05) is 13.2 Å². The fourth-order valence-corrected chi connectivity index (χ4v) is 8.37. The number of carbonyl (C=O) groups is 2. The number of nitrogens with zero attached hydrogens (tertiary/aromatic N) is 2. The Balaban J connectivity index is 0.00000120. The maximum atomic E-state index is 12.7. The molecule has 64 heavy (non-hydrogen) atoms. The molecule has 0 aromatic heterocycles. The molecule has 10 nitrogen and oxygen atoms in total. The zero-order valence-corrected chi connectivity index (χ0v) is 44.5. The van der Waals surface area contributed by atoms with Crippen LogP contribution in [-0.2, 0) is 18.9 Å². The van der Waals surface area contributed by atoms with E-state index in [2.05, 4.69) is 26.0 Å². The summed E-state index contributed by atoms with van der Waals surface area (Å²) >= 11 is 0. The SMILES string of the molecule is CC.CCCCCCCCCCCCCC/C=C/[C@@H]1COC(C)(C)N1C(=O)OC(C)(C)C.CCCCCCCCCCCCCC[C@@H](O)[C@@H](O)[C@@H]1COC(C)(C)N1C(=O)OC(C)(C)C. The molecule has 2 aliphatic rings. The second kappa shape index (κ2) is 34.4. The normalized spacial score (nSPS) is 19.2. The molecule has 2 amide bonds. The van der Waals surface area contributed by atoms with Crippen LogP contribution >= 0.6 is 0 Å². The predicted molar refractivity (Wildman–Crippen MR) is 268 cm³/mol. The van der Waals surface area contributed by atoms with Crippen molar-refractivity contribution in [3.63, 3.8) is 0 Å². The van der Waals surface area contributed by atoms with Gasteiger partial charge in [-0.05, 0) is 88.5 Å². The number of hydrogen-bond donors (Lipinski definition) is 2. The fraction of sp³-hybridized carbons (Fsp3) is 0.926. The number of rotatable bonds is 29. The van der Waals surface area contributed by atoms with E-state index in [0.717, 1.165) is 19.3 Å². The molecule has 0 aliphatic carbocycles. The number of aliphatic hydroxyl groups is 2. The highest BCUT2D eigenvalue weighted by Gasteiger charge is 2.50. The summed E-state index contributed by atoms with van der Waals surface area (Å²) < 4.78 is 22.7. The molecule has 0 aromatic rings. The standard InChI is InChI=1S/C26H51NO5.C26H49NO3.C2H6/c1-7-8-9-10-11-12-13-14-15-16-17-18-19-22(28)23(29)21-20-31-26(5,6)27(21)24(30)32-25(2,3)4;1-7-8-9-10-11-12-13-14-15-16-17-18-19-20-21-23-22-29-26(5,6)27(23)24(28)30-25(2,3)4;1-2/h21-23,28-29H,7-20H2,1-6H3;20-21,23H,7-19,22H2,1-6H3;1-2H3/b;21-20+;/t21-,22+,23-;23-;/m01./s1. The van der Waals surface area contributed by atoms with Gasteiger partial charge in [-0.2, -0.15) is 0 Å². The molecule has 2 rings (SSSR count). The summed E-state index contributed by atoms with van der Waals surface area (Å²) in [5.41, 5.74) is -2.66. The quantitative estimate of drug-likeness (QED) is 0.0563. The van der Waals surface area contributed by atoms with Gasteiger partial charge in [0.05, 0.1) is 31.4 Å². The molecule has 10 heteroatoms. The Bertz CT molecular complexity index is 1190. The van der Waals surface area contributed by atoms with Gasteiger partial charge in [0.2, 0.25) is 0 Å². The molecule has 0 saturated carbocycles. The molecule has 0 aromatic carbocycles. The molecule has 0 spiro atoms. The first kappa shape index (κ1) is 62.1. The molecular weight excluding hydrogens is 805 g/mol. The number of ether oxygens (including phenoxy) is 4. The third kappa shape index (κ3) is 28.3. The van der Waals surface area contributed by atoms with Crippen molar-refractivity contribution in [3.05, 3.63) is 12.2 Å². The van der Waals surface area contributed by atoms with Crippen LogP contribution in [0.25, 0.3) is 0 Å². The van der Waals surface area contributed by atoms with E-state index in [4.69, 9.17) is 18.9 Å². The maximum Gasteiger partial charge on any atom is 0.413 e. The van der Waals surface area contributed by atoms with Gasteiger partial charge in [0.15, 0.2) is 0 Å². The second-order valence-corrected chi connectivity index (χ2v) is 21.2. The van der Waals surface area contributed by atoms with Crippen LogP contribution in [0.4, 0.5) is 9.59 Å². The van der Waals surface area contributed by atoms with Crippen molar-refractivity contribution in [2.45, 2.75) is 311 Å². The first-order chi connectivity index (χ1) is 30.2. The zero-order chi connectivity index (χ0) is 48.7. The van der Waals surface area contributed by atoms with Crippen molar-refractivity contribution >= 4 is 12.2 Å². The number of amides is 2. The Hall–Kier alpha value is -1.88. The van der Waals surface area contributed by atoms with E-state index in [-0.39, 0.29) is 18.7 Å². The van der Waals surface area contributed by atoms with E-state index in [1.54, 1.807) is 18.7 Å². The van der Waals surface area contributed by atoms with Gasteiger partial charge in [-0.3, -0.25) is 9.80 Å². The van der Waals surface area contributed by atoms with Gasteiger partial charge < -0.3 is 29.2 Å². The zero-order valence-electron chi connectivity index (χ0n) is 44.5. The largest absolute Gasteiger partial charge is 0.444 e. The van der Waals surface area contributed by atoms with Crippen LogP contribution in [0.3, 0.4) is 0 Å². The Morgan fingerprint density at radius 3 is 1.33 bits per heavy atom. The van der Waals surface area contributed by atoms with Crippen LogP contribution in [0.15, 0.2) is 12.2 Å². The summed E-state index contributed by atoms with van der Waals surface area (Å²) in [5, 5.41) is 21.3. The summed E-state index contributed by atoms with van der Waals surface area (Å²) in [6.07, 6.45) is 34.7. The van der Waals surface area contributed by atoms with Gasteiger partial charge in [-0.15, -0.1) is 0 Å². The molecule has 380 valence electrons. The van der Waals surface area contributed by atoms with E-state index in [1.807, 2.05) is 69.2 Å². The van der Waals surface area contributed by atoms with E-state index in [0.29, 0.717) is 13.0 Å². The predicted octanol–water partition coefficient (Wildman–Crippen LogP) is 15.2. The number of unbranched alkanes of at least 4 members (excludes halogenated alkanes) is 23. The summed E-state index contributed by atoms with van der Waals surface area (Å²) in [5.74, 6) is 0. The van der Waals surface area contributed by atoms with Crippen LogP contribution in [0.5, 0.6) is 0 Å². The highest BCUT2D eigenvalue weighted by molar-refractivity contribution is 5.70. The monoisotopic (exact) mass is 911 g/mol. The highest BCUT2D eigenvalue weighted by atomic mass is 16.6. The van der Waals surface area contributed by atoms with Crippen molar-refractivity contribution < 1.29 is 38.7 Å². The van der Waals surface area contributed by atoms with E-state index in [9.17, 15) is 19.8 Å². The van der Waals surface area contributed by atoms with Crippen LogP contribution < -0.4 is 0 Å². The lowest BCUT2D eigenvalue weighted by molar-refractivity contribution is -0.0773. The fourth-order valence-electron chi connectivity index (χ4n) is 8.37. The number of allylic oxidation sites excluding steroid dienone is 1. The number of carbonyl (C=O) groups excluding carboxylic acids is 2. The summed E-state index contributed by atoms with van der Waals surface area (Å²) in [7, 11) is 0. The minimum Gasteiger partial charge on any atom is -0.444 e. The number of aliphatic hydroxyl groups excluding tert-OH is 2. The first-order valence-electron chi connectivity index (χ1n) is 26.5. The van der Waals surface area contributed by atoms with Crippen LogP contribution in [0, 0.1) is 0 Å². The van der Waals surface area contributed by atoms with Gasteiger partial charge in [0.25, 0.3) is 0 Å². The van der Waals surface area contributed by atoms with Gasteiger partial charge in [0.1, 0.15) is 28.8 Å². The molecule has 4 atom stereocenters. The Morgan fingerprint density at radius 2 is 0.922 bits per heavy atom. The molecule has 2 saturated heterocycles. The van der Waals surface area contributed by atoms with Gasteiger partial charge in [0, 0.05) is 0 Å². The van der Waals surface area contributed by atoms with Crippen molar-refractivity contribution in [3.8, 4) is 0 Å². The molecule has 0 bridgehead atoms. The Labute approximate surface area is 395 Å². The molecule has 0 radical (unpaired) electrons. The minimum absolute atomic E-state index is 0.0489.